The van der Waals surface area contributed by atoms with E-state index in [4.69, 9.17) is 5.73 Å². The maximum atomic E-state index is 11.3. The van der Waals surface area contributed by atoms with Crippen LogP contribution in [0, 0.1) is 0 Å². The van der Waals surface area contributed by atoms with Crippen molar-refractivity contribution in [2.45, 2.75) is 13.0 Å². The highest BCUT2D eigenvalue weighted by Crippen LogP contribution is 2.15. The molecule has 0 aliphatic rings. The van der Waals surface area contributed by atoms with E-state index >= 15 is 0 Å². The summed E-state index contributed by atoms with van der Waals surface area (Å²) in [5.41, 5.74) is 7.61. The molecule has 0 spiro atoms. The summed E-state index contributed by atoms with van der Waals surface area (Å²) in [6.07, 6.45) is 4.01. The summed E-state index contributed by atoms with van der Waals surface area (Å²) in [6.45, 7) is 0.165. The SMILES string of the molecule is COC(=O)Cn1ccnc1Cc1ccccc1N. The molecule has 0 aliphatic carbocycles. The second-order valence-electron chi connectivity index (χ2n) is 3.92. The molecular formula is C13H15N3O2. The number of carbonyl (C=O) groups is 1. The Hall–Kier alpha value is -2.30. The van der Waals surface area contributed by atoms with Crippen LogP contribution in [-0.2, 0) is 22.5 Å². The van der Waals surface area contributed by atoms with Gasteiger partial charge in [-0.3, -0.25) is 4.79 Å². The molecule has 5 nitrogen and oxygen atoms in total. The molecule has 0 atom stereocenters. The summed E-state index contributed by atoms with van der Waals surface area (Å²) in [5, 5.41) is 0. The second kappa shape index (κ2) is 5.35. The molecule has 0 unspecified atom stereocenters. The minimum absolute atomic E-state index is 0.165. The summed E-state index contributed by atoms with van der Waals surface area (Å²) in [4.78, 5) is 15.5. The van der Waals surface area contributed by atoms with Gasteiger partial charge < -0.3 is 15.0 Å². The fourth-order valence-electron chi connectivity index (χ4n) is 1.72. The number of benzene rings is 1. The highest BCUT2D eigenvalue weighted by molar-refractivity contribution is 5.69. The van der Waals surface area contributed by atoms with Crippen LogP contribution in [0.1, 0.15) is 11.4 Å². The van der Waals surface area contributed by atoms with Crippen molar-refractivity contribution in [3.05, 3.63) is 48.0 Å². The molecule has 1 aromatic heterocycles. The van der Waals surface area contributed by atoms with E-state index in [0.717, 1.165) is 17.1 Å². The minimum atomic E-state index is -0.296. The number of nitrogen functional groups attached to an aromatic ring is 1. The third-order valence-corrected chi connectivity index (χ3v) is 2.73. The van der Waals surface area contributed by atoms with Crippen LogP contribution in [0.25, 0.3) is 0 Å². The van der Waals surface area contributed by atoms with Gasteiger partial charge in [-0.15, -0.1) is 0 Å². The van der Waals surface area contributed by atoms with Crippen LogP contribution in [0.15, 0.2) is 36.7 Å². The molecule has 2 rings (SSSR count). The molecule has 5 heteroatoms. The fraction of sp³-hybridized carbons (Fsp3) is 0.231. The van der Waals surface area contributed by atoms with E-state index in [-0.39, 0.29) is 12.5 Å². The fourth-order valence-corrected chi connectivity index (χ4v) is 1.72. The largest absolute Gasteiger partial charge is 0.468 e. The van der Waals surface area contributed by atoms with Crippen LogP contribution >= 0.6 is 0 Å². The number of imidazole rings is 1. The van der Waals surface area contributed by atoms with Crippen molar-refractivity contribution < 1.29 is 9.53 Å². The summed E-state index contributed by atoms with van der Waals surface area (Å²) in [5.74, 6) is 0.494. The molecule has 0 saturated carbocycles. The van der Waals surface area contributed by atoms with E-state index in [1.165, 1.54) is 7.11 Å². The standard InChI is InChI=1S/C13H15N3O2/c1-18-13(17)9-16-7-6-15-12(16)8-10-4-2-3-5-11(10)14/h2-7H,8-9,14H2,1H3. The number of anilines is 1. The molecule has 1 heterocycles. The van der Waals surface area contributed by atoms with Crippen molar-refractivity contribution in [3.8, 4) is 0 Å². The first-order chi connectivity index (χ1) is 8.70. The summed E-state index contributed by atoms with van der Waals surface area (Å²) < 4.78 is 6.40. The van der Waals surface area contributed by atoms with Crippen molar-refractivity contribution in [1.82, 2.24) is 9.55 Å². The Labute approximate surface area is 105 Å². The topological polar surface area (TPSA) is 70.1 Å². The first-order valence-corrected chi connectivity index (χ1v) is 5.61. The van der Waals surface area contributed by atoms with Gasteiger partial charge in [0.1, 0.15) is 12.4 Å². The van der Waals surface area contributed by atoms with Gasteiger partial charge in [0, 0.05) is 24.5 Å². The lowest BCUT2D eigenvalue weighted by molar-refractivity contribution is -0.141. The average molecular weight is 245 g/mol. The number of hydrogen-bond donors (Lipinski definition) is 1. The molecule has 2 aromatic rings. The second-order valence-corrected chi connectivity index (χ2v) is 3.92. The molecule has 0 amide bonds. The number of aromatic nitrogens is 2. The first-order valence-electron chi connectivity index (χ1n) is 5.61. The predicted octanol–water partition coefficient (Wildman–Crippen LogP) is 1.23. The Morgan fingerprint density at radius 3 is 2.94 bits per heavy atom. The molecule has 2 N–H and O–H groups in total. The van der Waals surface area contributed by atoms with Crippen LogP contribution in [-0.4, -0.2) is 22.6 Å². The molecule has 0 fully saturated rings. The van der Waals surface area contributed by atoms with Gasteiger partial charge in [-0.25, -0.2) is 4.98 Å². The summed E-state index contributed by atoms with van der Waals surface area (Å²) >= 11 is 0. The zero-order chi connectivity index (χ0) is 13.0. The summed E-state index contributed by atoms with van der Waals surface area (Å²) in [7, 11) is 1.37. The highest BCUT2D eigenvalue weighted by atomic mass is 16.5. The van der Waals surface area contributed by atoms with Crippen molar-refractivity contribution >= 4 is 11.7 Å². The molecule has 0 aliphatic heterocycles. The van der Waals surface area contributed by atoms with Gasteiger partial charge in [-0.1, -0.05) is 18.2 Å². The van der Waals surface area contributed by atoms with Gasteiger partial charge in [0.25, 0.3) is 0 Å². The van der Waals surface area contributed by atoms with E-state index in [1.807, 2.05) is 24.3 Å². The Bertz CT molecular complexity index is 549. The number of methoxy groups -OCH3 is 1. The van der Waals surface area contributed by atoms with Crippen LogP contribution in [0.3, 0.4) is 0 Å². The minimum Gasteiger partial charge on any atom is -0.468 e. The van der Waals surface area contributed by atoms with Gasteiger partial charge in [0.15, 0.2) is 0 Å². The lowest BCUT2D eigenvalue weighted by Crippen LogP contribution is -2.14. The van der Waals surface area contributed by atoms with Crippen LogP contribution in [0.5, 0.6) is 0 Å². The van der Waals surface area contributed by atoms with Gasteiger partial charge in [-0.2, -0.15) is 0 Å². The Morgan fingerprint density at radius 2 is 2.22 bits per heavy atom. The van der Waals surface area contributed by atoms with Crippen LogP contribution < -0.4 is 5.73 Å². The molecular weight excluding hydrogens is 230 g/mol. The zero-order valence-corrected chi connectivity index (χ0v) is 10.2. The molecule has 1 aromatic carbocycles. The highest BCUT2D eigenvalue weighted by Gasteiger charge is 2.09. The smallest absolute Gasteiger partial charge is 0.325 e. The molecule has 0 radical (unpaired) electrons. The van der Waals surface area contributed by atoms with Crippen molar-refractivity contribution in [2.24, 2.45) is 0 Å². The quantitative estimate of drug-likeness (QED) is 0.649. The molecule has 0 bridgehead atoms. The molecule has 94 valence electrons. The lowest BCUT2D eigenvalue weighted by Gasteiger charge is -2.08. The number of carbonyl (C=O) groups excluding carboxylic acids is 1. The maximum Gasteiger partial charge on any atom is 0.325 e. The predicted molar refractivity (Wildman–Crippen MR) is 67.9 cm³/mol. The Balaban J connectivity index is 2.18. The van der Waals surface area contributed by atoms with Crippen molar-refractivity contribution in [2.75, 3.05) is 12.8 Å². The number of esters is 1. The van der Waals surface area contributed by atoms with Gasteiger partial charge in [0.05, 0.1) is 7.11 Å². The van der Waals surface area contributed by atoms with E-state index in [2.05, 4.69) is 9.72 Å². The van der Waals surface area contributed by atoms with Crippen molar-refractivity contribution in [1.29, 1.82) is 0 Å². The number of nitrogens with two attached hydrogens (primary N) is 1. The van der Waals surface area contributed by atoms with E-state index < -0.39 is 0 Å². The summed E-state index contributed by atoms with van der Waals surface area (Å²) in [6, 6.07) is 7.62. The Kier molecular flexibility index (Phi) is 3.62. The number of rotatable bonds is 4. The van der Waals surface area contributed by atoms with Gasteiger partial charge in [-0.05, 0) is 11.6 Å². The first kappa shape index (κ1) is 12.2. The monoisotopic (exact) mass is 245 g/mol. The maximum absolute atomic E-state index is 11.3. The van der Waals surface area contributed by atoms with Gasteiger partial charge in [0.2, 0.25) is 0 Å². The number of nitrogens with zero attached hydrogens (tertiary/aromatic N) is 2. The van der Waals surface area contributed by atoms with E-state index in [1.54, 1.807) is 17.0 Å². The van der Waals surface area contributed by atoms with E-state index in [0.29, 0.717) is 6.42 Å². The van der Waals surface area contributed by atoms with Crippen LogP contribution in [0.4, 0.5) is 5.69 Å². The average Bonchev–Trinajstić information content (AvgIpc) is 2.79. The van der Waals surface area contributed by atoms with E-state index in [9.17, 15) is 4.79 Å². The third kappa shape index (κ3) is 2.68. The molecule has 18 heavy (non-hydrogen) atoms. The van der Waals surface area contributed by atoms with Gasteiger partial charge >= 0.3 is 5.97 Å². The zero-order valence-electron chi connectivity index (χ0n) is 10.2. The number of hydrogen-bond acceptors (Lipinski definition) is 4. The van der Waals surface area contributed by atoms with Crippen LogP contribution in [0.2, 0.25) is 0 Å². The number of ether oxygens (including phenoxy) is 1. The Morgan fingerprint density at radius 1 is 1.44 bits per heavy atom. The van der Waals surface area contributed by atoms with Crippen molar-refractivity contribution in [3.63, 3.8) is 0 Å². The number of para-hydroxylation sites is 1. The lowest BCUT2D eigenvalue weighted by atomic mass is 10.1. The normalized spacial score (nSPS) is 10.3. The molecule has 0 saturated heterocycles. The third-order valence-electron chi connectivity index (χ3n) is 2.73.